The smallest absolute Gasteiger partial charge is 0.329 e. The molecule has 1 aliphatic rings. The number of nitrogens with zero attached hydrogens (tertiary/aromatic N) is 5. The fourth-order valence-corrected chi connectivity index (χ4v) is 2.18. The van der Waals surface area contributed by atoms with Crippen molar-refractivity contribution in [1.29, 1.82) is 0 Å². The van der Waals surface area contributed by atoms with E-state index in [1.54, 1.807) is 6.92 Å². The molecule has 110 valence electrons. The second-order valence-corrected chi connectivity index (χ2v) is 4.83. The number of aromatic nitrogens is 2. The fraction of sp³-hybridized carbons (Fsp3) is 0.636. The number of hydrogen-bond acceptors (Lipinski definition) is 8. The zero-order valence-corrected chi connectivity index (χ0v) is 11.3. The highest BCUT2D eigenvalue weighted by Crippen LogP contribution is 2.20. The minimum Gasteiger partial charge on any atom is -0.392 e. The molecule has 1 aromatic heterocycles. The van der Waals surface area contributed by atoms with Crippen LogP contribution in [0.4, 0.5) is 17.5 Å². The molecule has 1 atom stereocenters. The third-order valence-electron chi connectivity index (χ3n) is 3.16. The Labute approximate surface area is 116 Å². The number of nitrogen functional groups attached to an aromatic ring is 1. The Morgan fingerprint density at radius 1 is 1.50 bits per heavy atom. The highest BCUT2D eigenvalue weighted by atomic mass is 16.6. The van der Waals surface area contributed by atoms with Crippen molar-refractivity contribution in [1.82, 2.24) is 14.9 Å². The Morgan fingerprint density at radius 2 is 2.15 bits per heavy atom. The molecule has 9 heteroatoms. The van der Waals surface area contributed by atoms with E-state index in [4.69, 9.17) is 5.73 Å². The maximum absolute atomic E-state index is 10.7. The van der Waals surface area contributed by atoms with Crippen LogP contribution < -0.4 is 10.6 Å². The van der Waals surface area contributed by atoms with Crippen molar-refractivity contribution in [3.63, 3.8) is 0 Å². The largest absolute Gasteiger partial charge is 0.392 e. The van der Waals surface area contributed by atoms with E-state index >= 15 is 0 Å². The molecule has 3 N–H and O–H groups in total. The molecule has 0 bridgehead atoms. The molecule has 1 fully saturated rings. The second kappa shape index (κ2) is 5.97. The zero-order chi connectivity index (χ0) is 14.7. The molecule has 20 heavy (non-hydrogen) atoms. The van der Waals surface area contributed by atoms with Gasteiger partial charge in [-0.2, -0.15) is 4.98 Å². The van der Waals surface area contributed by atoms with Crippen molar-refractivity contribution in [3.05, 3.63) is 16.3 Å². The van der Waals surface area contributed by atoms with Crippen molar-refractivity contribution in [2.45, 2.75) is 13.0 Å². The van der Waals surface area contributed by atoms with Crippen LogP contribution in [-0.2, 0) is 0 Å². The summed E-state index contributed by atoms with van der Waals surface area (Å²) in [4.78, 5) is 22.1. The molecule has 1 saturated heterocycles. The van der Waals surface area contributed by atoms with Crippen molar-refractivity contribution in [2.24, 2.45) is 0 Å². The predicted octanol–water partition coefficient (Wildman–Crippen LogP) is -0.530. The van der Waals surface area contributed by atoms with Crippen molar-refractivity contribution in [2.75, 3.05) is 43.4 Å². The van der Waals surface area contributed by atoms with Gasteiger partial charge in [0.25, 0.3) is 0 Å². The van der Waals surface area contributed by atoms with Gasteiger partial charge in [-0.25, -0.2) is 4.98 Å². The van der Waals surface area contributed by atoms with Crippen molar-refractivity contribution >= 4 is 17.5 Å². The van der Waals surface area contributed by atoms with Crippen LogP contribution in [-0.4, -0.2) is 63.7 Å². The summed E-state index contributed by atoms with van der Waals surface area (Å²) in [6, 6.07) is 0. The van der Waals surface area contributed by atoms with Gasteiger partial charge < -0.3 is 15.7 Å². The van der Waals surface area contributed by atoms with E-state index < -0.39 is 4.92 Å². The van der Waals surface area contributed by atoms with E-state index in [9.17, 15) is 15.2 Å². The van der Waals surface area contributed by atoms with Crippen molar-refractivity contribution in [3.8, 4) is 0 Å². The quantitative estimate of drug-likeness (QED) is 0.558. The van der Waals surface area contributed by atoms with Crippen LogP contribution in [0.1, 0.15) is 6.92 Å². The van der Waals surface area contributed by atoms with Crippen LogP contribution in [0.5, 0.6) is 0 Å². The Hall–Kier alpha value is -2.00. The van der Waals surface area contributed by atoms with Crippen LogP contribution in [0, 0.1) is 10.1 Å². The van der Waals surface area contributed by atoms with Gasteiger partial charge in [-0.3, -0.25) is 15.0 Å². The Kier molecular flexibility index (Phi) is 4.30. The number of nitrogens with two attached hydrogens (primary N) is 1. The number of aliphatic hydroxyl groups is 1. The summed E-state index contributed by atoms with van der Waals surface area (Å²) in [5, 5.41) is 20.0. The monoisotopic (exact) mass is 282 g/mol. The van der Waals surface area contributed by atoms with Crippen LogP contribution >= 0.6 is 0 Å². The predicted molar refractivity (Wildman–Crippen MR) is 73.4 cm³/mol. The van der Waals surface area contributed by atoms with E-state index in [0.717, 1.165) is 19.3 Å². The Balaban J connectivity index is 2.00. The van der Waals surface area contributed by atoms with Crippen LogP contribution in [0.25, 0.3) is 0 Å². The average Bonchev–Trinajstić information content (AvgIpc) is 2.38. The second-order valence-electron chi connectivity index (χ2n) is 4.83. The lowest BCUT2D eigenvalue weighted by Gasteiger charge is -2.35. The maximum Gasteiger partial charge on any atom is 0.329 e. The molecule has 0 aromatic carbocycles. The van der Waals surface area contributed by atoms with Gasteiger partial charge in [0.2, 0.25) is 11.8 Å². The zero-order valence-electron chi connectivity index (χ0n) is 11.3. The summed E-state index contributed by atoms with van der Waals surface area (Å²) < 4.78 is 0. The summed E-state index contributed by atoms with van der Waals surface area (Å²) in [7, 11) is 0. The lowest BCUT2D eigenvalue weighted by atomic mass is 10.3. The molecule has 0 saturated carbocycles. The molecule has 0 radical (unpaired) electrons. The molecule has 1 aliphatic heterocycles. The fourth-order valence-electron chi connectivity index (χ4n) is 2.18. The summed E-state index contributed by atoms with van der Waals surface area (Å²) in [6.45, 7) is 5.36. The highest BCUT2D eigenvalue weighted by molar-refractivity contribution is 5.53. The van der Waals surface area contributed by atoms with Gasteiger partial charge in [-0.05, 0) is 6.92 Å². The first-order valence-electron chi connectivity index (χ1n) is 6.39. The summed E-state index contributed by atoms with van der Waals surface area (Å²) >= 11 is 0. The van der Waals surface area contributed by atoms with Gasteiger partial charge in [-0.1, -0.05) is 0 Å². The van der Waals surface area contributed by atoms with E-state index in [0.29, 0.717) is 25.6 Å². The molecule has 0 aliphatic carbocycles. The lowest BCUT2D eigenvalue weighted by Crippen LogP contribution is -2.48. The van der Waals surface area contributed by atoms with Crippen LogP contribution in [0.3, 0.4) is 0 Å². The topological polar surface area (TPSA) is 122 Å². The van der Waals surface area contributed by atoms with Crippen molar-refractivity contribution < 1.29 is 10.0 Å². The van der Waals surface area contributed by atoms with E-state index in [-0.39, 0.29) is 17.6 Å². The summed E-state index contributed by atoms with van der Waals surface area (Å²) in [5.41, 5.74) is 5.28. The van der Waals surface area contributed by atoms with E-state index in [1.165, 1.54) is 0 Å². The molecule has 9 nitrogen and oxygen atoms in total. The van der Waals surface area contributed by atoms with E-state index in [2.05, 4.69) is 14.9 Å². The first-order valence-corrected chi connectivity index (χ1v) is 6.39. The third kappa shape index (κ3) is 3.31. The molecule has 1 aromatic rings. The van der Waals surface area contributed by atoms with Gasteiger partial charge in [-0.15, -0.1) is 0 Å². The minimum atomic E-state index is -0.598. The molecule has 2 heterocycles. The van der Waals surface area contributed by atoms with Gasteiger partial charge in [0.1, 0.15) is 6.20 Å². The number of anilines is 2. The number of aliphatic hydroxyl groups excluding tert-OH is 1. The lowest BCUT2D eigenvalue weighted by molar-refractivity contribution is -0.384. The van der Waals surface area contributed by atoms with Gasteiger partial charge >= 0.3 is 5.69 Å². The molecular weight excluding hydrogens is 264 g/mol. The molecule has 2 rings (SSSR count). The molecule has 0 amide bonds. The Bertz CT molecular complexity index is 487. The number of rotatable bonds is 4. The van der Waals surface area contributed by atoms with Gasteiger partial charge in [0.15, 0.2) is 0 Å². The number of hydrogen-bond donors (Lipinski definition) is 2. The maximum atomic E-state index is 10.7. The summed E-state index contributed by atoms with van der Waals surface area (Å²) in [5.74, 6) is 0.288. The average molecular weight is 282 g/mol. The minimum absolute atomic E-state index is 0.119. The highest BCUT2D eigenvalue weighted by Gasteiger charge is 2.22. The standard InChI is InChI=1S/C11H18N6O3/c1-8(18)7-15-2-4-16(5-3-15)11-13-6-9(17(19)20)10(12)14-11/h6,8,18H,2-5,7H2,1H3,(H2,12,13,14)/t8-/m1/s1. The molecule has 0 unspecified atom stereocenters. The van der Waals surface area contributed by atoms with Crippen LogP contribution in [0.2, 0.25) is 0 Å². The van der Waals surface area contributed by atoms with Crippen LogP contribution in [0.15, 0.2) is 6.20 Å². The molecule has 0 spiro atoms. The number of piperazine rings is 1. The molecular formula is C11H18N6O3. The Morgan fingerprint density at radius 3 is 2.65 bits per heavy atom. The first kappa shape index (κ1) is 14.4. The third-order valence-corrected chi connectivity index (χ3v) is 3.16. The first-order chi connectivity index (χ1) is 9.47. The normalized spacial score (nSPS) is 18.0. The van der Waals surface area contributed by atoms with Gasteiger partial charge in [0, 0.05) is 32.7 Å². The SMILES string of the molecule is C[C@@H](O)CN1CCN(c2ncc([N+](=O)[O-])c(N)n2)CC1. The number of nitro groups is 1. The summed E-state index contributed by atoms with van der Waals surface area (Å²) in [6.07, 6.45) is 0.785. The number of β-amino-alcohol motifs (C(OH)–C–C–N with tert-alkyl or cyclic N) is 1. The van der Waals surface area contributed by atoms with E-state index in [1.807, 2.05) is 4.90 Å². The van der Waals surface area contributed by atoms with Gasteiger partial charge in [0.05, 0.1) is 11.0 Å².